The predicted octanol–water partition coefficient (Wildman–Crippen LogP) is 2.49. The van der Waals surface area contributed by atoms with Gasteiger partial charge in [0.25, 0.3) is 0 Å². The number of halogens is 1. The molecule has 4 nitrogen and oxygen atoms in total. The second-order valence-corrected chi connectivity index (χ2v) is 5.17. The number of benzene rings is 1. The van der Waals surface area contributed by atoms with Crippen LogP contribution in [0.4, 0.5) is 0 Å². The number of rotatable bonds is 7. The van der Waals surface area contributed by atoms with Crippen LogP contribution in [-0.2, 0) is 13.0 Å². The van der Waals surface area contributed by atoms with E-state index in [1.807, 2.05) is 37.6 Å². The average molecular weight is 324 g/mol. The van der Waals surface area contributed by atoms with Crippen LogP contribution in [0.1, 0.15) is 5.69 Å². The van der Waals surface area contributed by atoms with Crippen LogP contribution in [0.5, 0.6) is 5.75 Å². The Morgan fingerprint density at radius 1 is 1.32 bits per heavy atom. The summed E-state index contributed by atoms with van der Waals surface area (Å²) in [6.45, 7) is 2.40. The van der Waals surface area contributed by atoms with Crippen LogP contribution in [0.25, 0.3) is 0 Å². The Kier molecular flexibility index (Phi) is 5.42. The van der Waals surface area contributed by atoms with Gasteiger partial charge in [0.15, 0.2) is 0 Å². The molecule has 1 aromatic heterocycles. The minimum atomic E-state index is 0.642. The SMILES string of the molecule is CNCCc1cn(CCOc2ccc(Br)cc2)cn1. The third-order valence-electron chi connectivity index (χ3n) is 2.75. The van der Waals surface area contributed by atoms with E-state index in [0.717, 1.165) is 35.4 Å². The van der Waals surface area contributed by atoms with Crippen molar-refractivity contribution < 1.29 is 4.74 Å². The van der Waals surface area contributed by atoms with Gasteiger partial charge in [0.05, 0.1) is 18.6 Å². The van der Waals surface area contributed by atoms with Crippen LogP contribution in [0.2, 0.25) is 0 Å². The van der Waals surface area contributed by atoms with Crippen LogP contribution in [-0.4, -0.2) is 29.8 Å². The molecule has 0 bridgehead atoms. The molecule has 2 rings (SSSR count). The van der Waals surface area contributed by atoms with Crippen LogP contribution in [0.15, 0.2) is 41.3 Å². The molecule has 0 saturated heterocycles. The normalized spacial score (nSPS) is 10.6. The van der Waals surface area contributed by atoms with Gasteiger partial charge in [-0.25, -0.2) is 4.98 Å². The number of hydrogen-bond donors (Lipinski definition) is 1. The van der Waals surface area contributed by atoms with E-state index < -0.39 is 0 Å². The summed E-state index contributed by atoms with van der Waals surface area (Å²) < 4.78 is 8.79. The third-order valence-corrected chi connectivity index (χ3v) is 3.28. The van der Waals surface area contributed by atoms with Crippen LogP contribution < -0.4 is 10.1 Å². The number of nitrogens with zero attached hydrogens (tertiary/aromatic N) is 2. The molecule has 0 saturated carbocycles. The summed E-state index contributed by atoms with van der Waals surface area (Å²) in [5.41, 5.74) is 1.11. The molecule has 0 spiro atoms. The minimum Gasteiger partial charge on any atom is -0.492 e. The van der Waals surface area contributed by atoms with Crippen molar-refractivity contribution in [3.8, 4) is 5.75 Å². The smallest absolute Gasteiger partial charge is 0.119 e. The summed E-state index contributed by atoms with van der Waals surface area (Å²) in [6, 6.07) is 7.86. The van der Waals surface area contributed by atoms with Gasteiger partial charge >= 0.3 is 0 Å². The van der Waals surface area contributed by atoms with Gasteiger partial charge < -0.3 is 14.6 Å². The van der Waals surface area contributed by atoms with Gasteiger partial charge in [-0.2, -0.15) is 0 Å². The molecule has 0 unspecified atom stereocenters. The fourth-order valence-electron chi connectivity index (χ4n) is 1.71. The number of ether oxygens (including phenoxy) is 1. The van der Waals surface area contributed by atoms with Crippen molar-refractivity contribution in [2.75, 3.05) is 20.2 Å². The number of aromatic nitrogens is 2. The fourth-order valence-corrected chi connectivity index (χ4v) is 1.97. The van der Waals surface area contributed by atoms with E-state index in [4.69, 9.17) is 4.74 Å². The maximum atomic E-state index is 5.67. The van der Waals surface area contributed by atoms with Crippen LogP contribution in [0.3, 0.4) is 0 Å². The molecule has 0 atom stereocenters. The summed E-state index contributed by atoms with van der Waals surface area (Å²) in [6.07, 6.45) is 4.88. The molecule has 0 aliphatic heterocycles. The Morgan fingerprint density at radius 3 is 2.84 bits per heavy atom. The Morgan fingerprint density at radius 2 is 2.11 bits per heavy atom. The van der Waals surface area contributed by atoms with E-state index >= 15 is 0 Å². The fraction of sp³-hybridized carbons (Fsp3) is 0.357. The zero-order valence-corrected chi connectivity index (χ0v) is 12.6. The molecule has 0 aliphatic rings. The maximum Gasteiger partial charge on any atom is 0.119 e. The predicted molar refractivity (Wildman–Crippen MR) is 79.5 cm³/mol. The van der Waals surface area contributed by atoms with Crippen LogP contribution >= 0.6 is 15.9 Å². The zero-order chi connectivity index (χ0) is 13.5. The largest absolute Gasteiger partial charge is 0.492 e. The molecule has 19 heavy (non-hydrogen) atoms. The lowest BCUT2D eigenvalue weighted by Crippen LogP contribution is -2.10. The highest BCUT2D eigenvalue weighted by Crippen LogP contribution is 2.15. The molecule has 1 aromatic carbocycles. The van der Waals surface area contributed by atoms with Crippen molar-refractivity contribution in [1.29, 1.82) is 0 Å². The second-order valence-electron chi connectivity index (χ2n) is 4.26. The maximum absolute atomic E-state index is 5.67. The summed E-state index contributed by atoms with van der Waals surface area (Å²) in [5, 5.41) is 3.12. The van der Waals surface area contributed by atoms with Gasteiger partial charge in [0.1, 0.15) is 12.4 Å². The first kappa shape index (κ1) is 14.1. The molecule has 0 aliphatic carbocycles. The number of nitrogens with one attached hydrogen (secondary N) is 1. The first-order valence-electron chi connectivity index (χ1n) is 6.31. The quantitative estimate of drug-likeness (QED) is 0.850. The summed E-state index contributed by atoms with van der Waals surface area (Å²) >= 11 is 3.40. The van der Waals surface area contributed by atoms with E-state index in [2.05, 4.69) is 37.0 Å². The molecule has 0 amide bonds. The highest BCUT2D eigenvalue weighted by Gasteiger charge is 1.99. The Labute approximate surface area is 121 Å². The Balaban J connectivity index is 1.76. The summed E-state index contributed by atoms with van der Waals surface area (Å²) in [7, 11) is 1.95. The van der Waals surface area contributed by atoms with Gasteiger partial charge in [0, 0.05) is 23.6 Å². The number of imidazole rings is 1. The number of hydrogen-bond acceptors (Lipinski definition) is 3. The van der Waals surface area contributed by atoms with Crippen molar-refractivity contribution in [3.63, 3.8) is 0 Å². The van der Waals surface area contributed by atoms with Crippen molar-refractivity contribution in [1.82, 2.24) is 14.9 Å². The average Bonchev–Trinajstić information content (AvgIpc) is 2.87. The van der Waals surface area contributed by atoms with E-state index in [9.17, 15) is 0 Å². The second kappa shape index (κ2) is 7.31. The van der Waals surface area contributed by atoms with Gasteiger partial charge in [0.2, 0.25) is 0 Å². The van der Waals surface area contributed by atoms with Gasteiger partial charge in [-0.15, -0.1) is 0 Å². The van der Waals surface area contributed by atoms with Gasteiger partial charge in [-0.3, -0.25) is 0 Å². The lowest BCUT2D eigenvalue weighted by Gasteiger charge is -2.06. The van der Waals surface area contributed by atoms with Gasteiger partial charge in [-0.05, 0) is 31.3 Å². The Hall–Kier alpha value is -1.33. The lowest BCUT2D eigenvalue weighted by atomic mass is 10.3. The first-order valence-corrected chi connectivity index (χ1v) is 7.11. The summed E-state index contributed by atoms with van der Waals surface area (Å²) in [5.74, 6) is 0.888. The van der Waals surface area contributed by atoms with E-state index in [-0.39, 0.29) is 0 Å². The summed E-state index contributed by atoms with van der Waals surface area (Å²) in [4.78, 5) is 4.35. The highest BCUT2D eigenvalue weighted by molar-refractivity contribution is 9.10. The standard InChI is InChI=1S/C14H18BrN3O/c1-16-7-6-13-10-18(11-17-13)8-9-19-14-4-2-12(15)3-5-14/h2-5,10-11,16H,6-9H2,1H3. The van der Waals surface area contributed by atoms with Crippen molar-refractivity contribution in [2.45, 2.75) is 13.0 Å². The molecular weight excluding hydrogens is 306 g/mol. The monoisotopic (exact) mass is 323 g/mol. The minimum absolute atomic E-state index is 0.642. The molecule has 102 valence electrons. The molecule has 2 aromatic rings. The highest BCUT2D eigenvalue weighted by atomic mass is 79.9. The zero-order valence-electron chi connectivity index (χ0n) is 11.0. The Bertz CT molecular complexity index is 496. The molecule has 1 N–H and O–H groups in total. The van der Waals surface area contributed by atoms with E-state index in [1.165, 1.54) is 0 Å². The molecule has 0 fully saturated rings. The molecule has 5 heteroatoms. The van der Waals surface area contributed by atoms with Crippen molar-refractivity contribution in [3.05, 3.63) is 47.0 Å². The number of likely N-dealkylation sites (N-methyl/N-ethyl adjacent to an activating group) is 1. The molecular formula is C14H18BrN3O. The van der Waals surface area contributed by atoms with E-state index in [1.54, 1.807) is 0 Å². The molecule has 0 radical (unpaired) electrons. The lowest BCUT2D eigenvalue weighted by molar-refractivity contribution is 0.298. The molecule has 1 heterocycles. The first-order chi connectivity index (χ1) is 9.28. The van der Waals surface area contributed by atoms with Crippen molar-refractivity contribution in [2.24, 2.45) is 0 Å². The van der Waals surface area contributed by atoms with Crippen LogP contribution in [0, 0.1) is 0 Å². The van der Waals surface area contributed by atoms with Crippen molar-refractivity contribution >= 4 is 15.9 Å². The van der Waals surface area contributed by atoms with E-state index in [0.29, 0.717) is 6.61 Å². The van der Waals surface area contributed by atoms with Gasteiger partial charge in [-0.1, -0.05) is 15.9 Å². The topological polar surface area (TPSA) is 39.1 Å². The third kappa shape index (κ3) is 4.69.